The molecule has 6 atom stereocenters. The summed E-state index contributed by atoms with van der Waals surface area (Å²) in [5.41, 5.74) is 0. The van der Waals surface area contributed by atoms with Crippen LogP contribution in [0.5, 0.6) is 0 Å². The number of hydrogen-bond donors (Lipinski definition) is 3. The van der Waals surface area contributed by atoms with Crippen molar-refractivity contribution in [2.75, 3.05) is 39.6 Å². The molecule has 17 nitrogen and oxygen atoms in total. The third-order valence-corrected chi connectivity index (χ3v) is 16.8. The highest BCUT2D eigenvalue weighted by Gasteiger charge is 2.30. The molecule has 3 unspecified atom stereocenters. The predicted molar refractivity (Wildman–Crippen MR) is 326 cm³/mol. The van der Waals surface area contributed by atoms with Crippen LogP contribution in [0.2, 0.25) is 0 Å². The maximum atomic E-state index is 13.0. The van der Waals surface area contributed by atoms with E-state index < -0.39 is 97.5 Å². The molecule has 0 saturated carbocycles. The van der Waals surface area contributed by atoms with Crippen molar-refractivity contribution in [3.8, 4) is 0 Å². The van der Waals surface area contributed by atoms with E-state index in [0.29, 0.717) is 25.7 Å². The van der Waals surface area contributed by atoms with Gasteiger partial charge in [0.15, 0.2) is 12.2 Å². The molecule has 82 heavy (non-hydrogen) atoms. The molecule has 0 aromatic carbocycles. The summed E-state index contributed by atoms with van der Waals surface area (Å²) in [6.07, 6.45) is 40.5. The first kappa shape index (κ1) is 80.1. The van der Waals surface area contributed by atoms with Crippen molar-refractivity contribution in [3.63, 3.8) is 0 Å². The first-order chi connectivity index (χ1) is 39.6. The Balaban J connectivity index is 5.18. The number of rotatable bonds is 63. The largest absolute Gasteiger partial charge is 0.472 e. The van der Waals surface area contributed by atoms with Gasteiger partial charge in [0.25, 0.3) is 0 Å². The highest BCUT2D eigenvalue weighted by atomic mass is 31.2. The van der Waals surface area contributed by atoms with Crippen molar-refractivity contribution in [1.29, 1.82) is 0 Å². The number of unbranched alkanes of at least 4 members (excludes halogenated alkanes) is 34. The number of aliphatic hydroxyl groups excluding tert-OH is 1. The van der Waals surface area contributed by atoms with Crippen LogP contribution in [-0.2, 0) is 65.4 Å². The number of esters is 4. The van der Waals surface area contributed by atoms with Gasteiger partial charge in [-0.25, -0.2) is 9.13 Å². The fourth-order valence-corrected chi connectivity index (χ4v) is 11.0. The minimum Gasteiger partial charge on any atom is -0.462 e. The van der Waals surface area contributed by atoms with Gasteiger partial charge in [0.05, 0.1) is 26.4 Å². The number of aliphatic hydroxyl groups is 1. The highest BCUT2D eigenvalue weighted by molar-refractivity contribution is 7.47. The lowest BCUT2D eigenvalue weighted by molar-refractivity contribution is -0.161. The van der Waals surface area contributed by atoms with E-state index in [1.807, 2.05) is 0 Å². The minimum absolute atomic E-state index is 0.103. The first-order valence-corrected chi connectivity index (χ1v) is 36.2. The average molecular weight is 1210 g/mol. The Hall–Kier alpha value is -1.94. The second kappa shape index (κ2) is 56.8. The standard InChI is InChI=1S/C63H122O17P2/c1-6-10-13-16-19-20-21-22-23-24-25-26-27-34-39-44-49-63(68)80-59(53-74-61(66)47-42-37-33-29-28-32-35-40-45-56(5)9-4)55-78-82(71,72)76-51-57(64)50-75-81(69,70)77-54-58(79-62(67)48-43-38-31-18-15-12-8-3)52-73-60(65)46-41-36-30-17-14-11-7-2/h56-59,64H,6-55H2,1-5H3,(H,69,70)(H,71,72)/t56?,57-,58+,59+/m0/s1. The SMILES string of the molecule is CCCCCCCCCCCCCCCCCCC(=O)O[C@H](COC(=O)CCCCCCCCCCC(C)CC)COP(=O)(O)OC[C@@H](O)COP(=O)(O)OC[C@@H](COC(=O)CCCCCCCCC)OC(=O)CCCCCCCCC. The zero-order chi connectivity index (χ0) is 60.6. The quantitative estimate of drug-likeness (QED) is 0.0222. The van der Waals surface area contributed by atoms with E-state index in [1.165, 1.54) is 116 Å². The monoisotopic (exact) mass is 1210 g/mol. The van der Waals surface area contributed by atoms with Gasteiger partial charge in [0.1, 0.15) is 19.3 Å². The third-order valence-electron chi connectivity index (χ3n) is 14.9. The Morgan fingerprint density at radius 1 is 0.341 bits per heavy atom. The number of carbonyl (C=O) groups is 4. The highest BCUT2D eigenvalue weighted by Crippen LogP contribution is 2.45. The van der Waals surface area contributed by atoms with Crippen LogP contribution >= 0.6 is 15.6 Å². The minimum atomic E-state index is -4.94. The van der Waals surface area contributed by atoms with Crippen LogP contribution in [-0.4, -0.2) is 96.7 Å². The summed E-state index contributed by atoms with van der Waals surface area (Å²) in [6.45, 7) is 7.11. The summed E-state index contributed by atoms with van der Waals surface area (Å²) in [6, 6.07) is 0. The summed E-state index contributed by atoms with van der Waals surface area (Å²) < 4.78 is 67.8. The zero-order valence-electron chi connectivity index (χ0n) is 52.6. The van der Waals surface area contributed by atoms with Gasteiger partial charge in [-0.3, -0.25) is 37.3 Å². The smallest absolute Gasteiger partial charge is 0.462 e. The Labute approximate surface area is 498 Å². The lowest BCUT2D eigenvalue weighted by Gasteiger charge is -2.21. The molecule has 0 aliphatic heterocycles. The molecule has 0 spiro atoms. The third kappa shape index (κ3) is 55.9. The summed E-state index contributed by atoms with van der Waals surface area (Å²) in [7, 11) is -9.87. The van der Waals surface area contributed by atoms with Crippen LogP contribution in [0.1, 0.15) is 317 Å². The van der Waals surface area contributed by atoms with Gasteiger partial charge in [-0.05, 0) is 31.6 Å². The molecule has 0 bridgehead atoms. The van der Waals surface area contributed by atoms with Gasteiger partial charge >= 0.3 is 39.5 Å². The van der Waals surface area contributed by atoms with E-state index in [2.05, 4.69) is 34.6 Å². The van der Waals surface area contributed by atoms with Gasteiger partial charge in [0.2, 0.25) is 0 Å². The van der Waals surface area contributed by atoms with Crippen molar-refractivity contribution in [3.05, 3.63) is 0 Å². The maximum Gasteiger partial charge on any atom is 0.472 e. The van der Waals surface area contributed by atoms with Gasteiger partial charge in [-0.1, -0.05) is 266 Å². The molecular weight excluding hydrogens is 1090 g/mol. The van der Waals surface area contributed by atoms with Crippen molar-refractivity contribution in [1.82, 2.24) is 0 Å². The molecule has 0 aliphatic carbocycles. The van der Waals surface area contributed by atoms with Crippen LogP contribution in [0.4, 0.5) is 0 Å². The van der Waals surface area contributed by atoms with Crippen LogP contribution in [0.15, 0.2) is 0 Å². The van der Waals surface area contributed by atoms with Crippen molar-refractivity contribution in [2.45, 2.75) is 335 Å². The molecule has 0 saturated heterocycles. The van der Waals surface area contributed by atoms with E-state index in [4.69, 9.17) is 37.0 Å². The molecule has 3 N–H and O–H groups in total. The van der Waals surface area contributed by atoms with Crippen molar-refractivity contribution < 1.29 is 80.2 Å². The lowest BCUT2D eigenvalue weighted by atomic mass is 9.99. The Bertz CT molecular complexity index is 1600. The zero-order valence-corrected chi connectivity index (χ0v) is 54.4. The van der Waals surface area contributed by atoms with Gasteiger partial charge in [-0.2, -0.15) is 0 Å². The fraction of sp³-hybridized carbons (Fsp3) is 0.937. The number of carbonyl (C=O) groups excluding carboxylic acids is 4. The number of phosphoric ester groups is 2. The molecular formula is C63H122O17P2. The molecule has 0 aliphatic rings. The molecule has 0 aromatic heterocycles. The van der Waals surface area contributed by atoms with Gasteiger partial charge in [0, 0.05) is 25.7 Å². The van der Waals surface area contributed by atoms with Crippen molar-refractivity contribution in [2.24, 2.45) is 5.92 Å². The Morgan fingerprint density at radius 3 is 0.866 bits per heavy atom. The normalized spacial score (nSPS) is 14.6. The number of ether oxygens (including phenoxy) is 4. The number of hydrogen-bond acceptors (Lipinski definition) is 15. The molecule has 19 heteroatoms. The summed E-state index contributed by atoms with van der Waals surface area (Å²) >= 11 is 0. The molecule has 0 amide bonds. The molecule has 0 rings (SSSR count). The summed E-state index contributed by atoms with van der Waals surface area (Å²) in [4.78, 5) is 71.9. The molecule has 0 radical (unpaired) electrons. The molecule has 0 heterocycles. The van der Waals surface area contributed by atoms with Crippen molar-refractivity contribution >= 4 is 39.5 Å². The summed E-state index contributed by atoms with van der Waals surface area (Å²) in [5.74, 6) is -1.36. The van der Waals surface area contributed by atoms with Crippen LogP contribution in [0, 0.1) is 5.92 Å². The topological polar surface area (TPSA) is 237 Å². The predicted octanol–water partition coefficient (Wildman–Crippen LogP) is 17.4. The Kier molecular flexibility index (Phi) is 55.5. The maximum absolute atomic E-state index is 13.0. The van der Waals surface area contributed by atoms with E-state index in [9.17, 15) is 43.2 Å². The van der Waals surface area contributed by atoms with Crippen LogP contribution in [0.25, 0.3) is 0 Å². The lowest BCUT2D eigenvalue weighted by Crippen LogP contribution is -2.30. The van der Waals surface area contributed by atoms with Crippen LogP contribution < -0.4 is 0 Å². The first-order valence-electron chi connectivity index (χ1n) is 33.2. The second-order valence-electron chi connectivity index (χ2n) is 23.0. The van der Waals surface area contributed by atoms with E-state index in [1.54, 1.807) is 0 Å². The number of phosphoric acid groups is 2. The summed E-state index contributed by atoms with van der Waals surface area (Å²) in [5, 5.41) is 10.5. The van der Waals surface area contributed by atoms with Gasteiger partial charge < -0.3 is 33.8 Å². The van der Waals surface area contributed by atoms with Gasteiger partial charge in [-0.15, -0.1) is 0 Å². The molecule has 0 aromatic rings. The van der Waals surface area contributed by atoms with E-state index in [-0.39, 0.29) is 25.7 Å². The van der Waals surface area contributed by atoms with E-state index in [0.717, 1.165) is 121 Å². The van der Waals surface area contributed by atoms with E-state index >= 15 is 0 Å². The second-order valence-corrected chi connectivity index (χ2v) is 25.9. The Morgan fingerprint density at radius 2 is 0.585 bits per heavy atom. The van der Waals surface area contributed by atoms with Crippen LogP contribution in [0.3, 0.4) is 0 Å². The fourth-order valence-electron chi connectivity index (χ4n) is 9.37. The molecule has 0 fully saturated rings. The molecule has 486 valence electrons. The average Bonchev–Trinajstić information content (AvgIpc) is 3.45.